The molecule has 0 aliphatic carbocycles. The highest BCUT2D eigenvalue weighted by Gasteiger charge is 2.29. The van der Waals surface area contributed by atoms with Gasteiger partial charge < -0.3 is 5.32 Å². The average molecular weight is 320 g/mol. The van der Waals surface area contributed by atoms with Crippen LogP contribution in [0, 0.1) is 11.8 Å². The first-order valence-corrected chi connectivity index (χ1v) is 9.86. The van der Waals surface area contributed by atoms with E-state index in [1.807, 2.05) is 6.92 Å². The third-order valence-corrected chi connectivity index (χ3v) is 6.40. The Bertz CT molecular complexity index is 374. The van der Waals surface area contributed by atoms with Crippen molar-refractivity contribution in [1.82, 2.24) is 14.3 Å². The van der Waals surface area contributed by atoms with Gasteiger partial charge in [0.15, 0.2) is 0 Å². The number of rotatable bonds is 9. The molecule has 1 saturated heterocycles. The molecule has 1 fully saturated rings. The molecule has 5 nitrogen and oxygen atoms in total. The van der Waals surface area contributed by atoms with Gasteiger partial charge in [-0.15, -0.1) is 0 Å². The summed E-state index contributed by atoms with van der Waals surface area (Å²) in [5, 5.41) is 3.35. The summed E-state index contributed by atoms with van der Waals surface area (Å²) in [7, 11) is -3.33. The summed E-state index contributed by atoms with van der Waals surface area (Å²) in [5.74, 6) is 1.01. The van der Waals surface area contributed by atoms with Crippen LogP contribution in [0.3, 0.4) is 0 Å². The molecule has 1 atom stereocenters. The van der Waals surface area contributed by atoms with E-state index in [1.54, 1.807) is 4.31 Å². The standard InChI is InChI=1S/C15H33N3O2S/c1-5-15(6-2)13(4)17-21(19,20)18-10-8-14(9-11-18)12-16-7-3/h13-17H,5-12H2,1-4H3. The van der Waals surface area contributed by atoms with E-state index in [0.717, 1.165) is 38.8 Å². The molecule has 0 aromatic heterocycles. The van der Waals surface area contributed by atoms with Gasteiger partial charge in [0.25, 0.3) is 10.2 Å². The number of hydrogen-bond donors (Lipinski definition) is 2. The second-order valence-electron chi connectivity index (χ2n) is 6.14. The van der Waals surface area contributed by atoms with Crippen molar-refractivity contribution in [3.63, 3.8) is 0 Å². The fourth-order valence-electron chi connectivity index (χ4n) is 3.10. The maximum absolute atomic E-state index is 12.5. The fourth-order valence-corrected chi connectivity index (χ4v) is 4.61. The Morgan fingerprint density at radius 1 is 1.14 bits per heavy atom. The van der Waals surface area contributed by atoms with Gasteiger partial charge in [-0.2, -0.15) is 17.4 Å². The van der Waals surface area contributed by atoms with E-state index in [1.165, 1.54) is 0 Å². The molecule has 1 aliphatic rings. The second-order valence-corrected chi connectivity index (χ2v) is 7.84. The fraction of sp³-hybridized carbons (Fsp3) is 1.00. The lowest BCUT2D eigenvalue weighted by Gasteiger charge is -2.33. The smallest absolute Gasteiger partial charge is 0.279 e. The Morgan fingerprint density at radius 2 is 1.71 bits per heavy atom. The van der Waals surface area contributed by atoms with Crippen LogP contribution < -0.4 is 10.0 Å². The molecule has 1 unspecified atom stereocenters. The molecule has 126 valence electrons. The summed E-state index contributed by atoms with van der Waals surface area (Å²) in [4.78, 5) is 0. The van der Waals surface area contributed by atoms with Crippen LogP contribution in [-0.2, 0) is 10.2 Å². The van der Waals surface area contributed by atoms with Crippen molar-refractivity contribution in [2.45, 2.75) is 59.4 Å². The highest BCUT2D eigenvalue weighted by Crippen LogP contribution is 2.20. The minimum atomic E-state index is -3.33. The third kappa shape index (κ3) is 5.85. The third-order valence-electron chi connectivity index (χ3n) is 4.69. The van der Waals surface area contributed by atoms with Gasteiger partial charge in [-0.25, -0.2) is 0 Å². The van der Waals surface area contributed by atoms with Crippen LogP contribution in [0.5, 0.6) is 0 Å². The Kier molecular flexibility index (Phi) is 8.16. The van der Waals surface area contributed by atoms with E-state index < -0.39 is 10.2 Å². The average Bonchev–Trinajstić information content (AvgIpc) is 2.46. The maximum atomic E-state index is 12.5. The Morgan fingerprint density at radius 3 is 2.19 bits per heavy atom. The van der Waals surface area contributed by atoms with E-state index >= 15 is 0 Å². The van der Waals surface area contributed by atoms with Crippen LogP contribution in [0.15, 0.2) is 0 Å². The Labute approximate surface area is 131 Å². The summed E-state index contributed by atoms with van der Waals surface area (Å²) in [6.07, 6.45) is 3.91. The zero-order chi connectivity index (χ0) is 15.9. The van der Waals surface area contributed by atoms with Gasteiger partial charge in [0.1, 0.15) is 0 Å². The molecule has 0 bridgehead atoms. The highest BCUT2D eigenvalue weighted by molar-refractivity contribution is 7.87. The van der Waals surface area contributed by atoms with Crippen molar-refractivity contribution in [2.75, 3.05) is 26.2 Å². The van der Waals surface area contributed by atoms with Crippen molar-refractivity contribution >= 4 is 10.2 Å². The van der Waals surface area contributed by atoms with Crippen LogP contribution in [-0.4, -0.2) is 44.9 Å². The molecule has 0 saturated carbocycles. The molecule has 1 aliphatic heterocycles. The van der Waals surface area contributed by atoms with Gasteiger partial charge in [0, 0.05) is 19.1 Å². The zero-order valence-electron chi connectivity index (χ0n) is 14.1. The van der Waals surface area contributed by atoms with Crippen molar-refractivity contribution in [3.8, 4) is 0 Å². The minimum absolute atomic E-state index is 0.00415. The molecule has 1 rings (SSSR count). The van der Waals surface area contributed by atoms with E-state index in [-0.39, 0.29) is 6.04 Å². The maximum Gasteiger partial charge on any atom is 0.279 e. The minimum Gasteiger partial charge on any atom is -0.317 e. The summed E-state index contributed by atoms with van der Waals surface area (Å²) < 4.78 is 29.4. The number of nitrogens with one attached hydrogen (secondary N) is 2. The first-order chi connectivity index (χ1) is 9.94. The molecule has 0 radical (unpaired) electrons. The van der Waals surface area contributed by atoms with E-state index in [9.17, 15) is 8.42 Å². The molecular weight excluding hydrogens is 286 g/mol. The summed E-state index contributed by atoms with van der Waals surface area (Å²) in [5.41, 5.74) is 0. The van der Waals surface area contributed by atoms with E-state index in [0.29, 0.717) is 24.9 Å². The van der Waals surface area contributed by atoms with Crippen molar-refractivity contribution in [2.24, 2.45) is 11.8 Å². The van der Waals surface area contributed by atoms with E-state index in [4.69, 9.17) is 0 Å². The molecule has 0 aromatic carbocycles. The van der Waals surface area contributed by atoms with Gasteiger partial charge in [0.2, 0.25) is 0 Å². The largest absolute Gasteiger partial charge is 0.317 e. The molecule has 1 heterocycles. The zero-order valence-corrected chi connectivity index (χ0v) is 14.9. The summed E-state index contributed by atoms with van der Waals surface area (Å²) >= 11 is 0. The van der Waals surface area contributed by atoms with Crippen LogP contribution >= 0.6 is 0 Å². The van der Waals surface area contributed by atoms with Crippen molar-refractivity contribution in [1.29, 1.82) is 0 Å². The van der Waals surface area contributed by atoms with Crippen LogP contribution in [0.25, 0.3) is 0 Å². The summed E-state index contributed by atoms with van der Waals surface area (Å²) in [6, 6.07) is 0.00415. The molecule has 6 heteroatoms. The molecule has 0 amide bonds. The lowest BCUT2D eigenvalue weighted by atomic mass is 9.96. The molecule has 0 aromatic rings. The van der Waals surface area contributed by atoms with Crippen LogP contribution in [0.2, 0.25) is 0 Å². The number of hydrogen-bond acceptors (Lipinski definition) is 3. The molecule has 2 N–H and O–H groups in total. The van der Waals surface area contributed by atoms with Gasteiger partial charge in [-0.1, -0.05) is 33.6 Å². The van der Waals surface area contributed by atoms with Crippen LogP contribution in [0.4, 0.5) is 0 Å². The number of piperidine rings is 1. The second kappa shape index (κ2) is 9.08. The molecule has 21 heavy (non-hydrogen) atoms. The lowest BCUT2D eigenvalue weighted by molar-refractivity contribution is 0.262. The first kappa shape index (κ1) is 18.9. The van der Waals surface area contributed by atoms with Crippen molar-refractivity contribution < 1.29 is 8.42 Å². The first-order valence-electron chi connectivity index (χ1n) is 8.42. The van der Waals surface area contributed by atoms with Crippen molar-refractivity contribution in [3.05, 3.63) is 0 Å². The highest BCUT2D eigenvalue weighted by atomic mass is 32.2. The molecular formula is C15H33N3O2S. The predicted octanol–water partition coefficient (Wildman–Crippen LogP) is 1.97. The van der Waals surface area contributed by atoms with Crippen LogP contribution in [0.1, 0.15) is 53.4 Å². The quantitative estimate of drug-likeness (QED) is 0.683. The lowest BCUT2D eigenvalue weighted by Crippen LogP contribution is -2.49. The summed E-state index contributed by atoms with van der Waals surface area (Å²) in [6.45, 7) is 11.6. The van der Waals surface area contributed by atoms with Gasteiger partial charge in [-0.3, -0.25) is 0 Å². The Hall–Kier alpha value is -0.170. The SMILES string of the molecule is CCNCC1CCN(S(=O)(=O)NC(C)C(CC)CC)CC1. The Balaban J connectivity index is 2.49. The van der Waals surface area contributed by atoms with Gasteiger partial charge in [-0.05, 0) is 44.7 Å². The van der Waals surface area contributed by atoms with E-state index in [2.05, 4.69) is 30.8 Å². The normalized spacial score (nSPS) is 20.0. The monoisotopic (exact) mass is 319 g/mol. The molecule has 0 spiro atoms. The van der Waals surface area contributed by atoms with Gasteiger partial charge >= 0.3 is 0 Å². The topological polar surface area (TPSA) is 61.4 Å². The van der Waals surface area contributed by atoms with Gasteiger partial charge in [0.05, 0.1) is 0 Å². The number of nitrogens with zero attached hydrogens (tertiary/aromatic N) is 1. The predicted molar refractivity (Wildman–Crippen MR) is 88.4 cm³/mol.